The second-order valence-corrected chi connectivity index (χ2v) is 12.7. The number of oxazole rings is 1. The van der Waals surface area contributed by atoms with E-state index in [4.69, 9.17) is 24.4 Å². The van der Waals surface area contributed by atoms with Crippen LogP contribution in [-0.4, -0.2) is 24.5 Å². The minimum Gasteiger partial charge on any atom is -0.436 e. The molecule has 0 saturated carbocycles. The third kappa shape index (κ3) is 5.22. The number of hydrogen-bond acceptors (Lipinski definition) is 5. The minimum absolute atomic E-state index is 0.619. The Morgan fingerprint density at radius 1 is 0.365 bits per heavy atom. The highest BCUT2D eigenvalue weighted by atomic mass is 16.3. The topological polar surface area (TPSA) is 69.6 Å². The zero-order chi connectivity index (χ0) is 34.4. The first-order valence-corrected chi connectivity index (χ1v) is 17.2. The first-order valence-electron chi connectivity index (χ1n) is 17.2. The first kappa shape index (κ1) is 29.7. The summed E-state index contributed by atoms with van der Waals surface area (Å²) in [6.45, 7) is 0. The third-order valence-electron chi connectivity index (χ3n) is 9.48. The smallest absolute Gasteiger partial charge is 0.227 e. The van der Waals surface area contributed by atoms with Gasteiger partial charge in [-0.15, -0.1) is 0 Å². The molecular formula is C46H29N5O. The van der Waals surface area contributed by atoms with Crippen molar-refractivity contribution in [2.45, 2.75) is 0 Å². The van der Waals surface area contributed by atoms with Crippen LogP contribution in [0.15, 0.2) is 180 Å². The maximum Gasteiger partial charge on any atom is 0.227 e. The number of para-hydroxylation sites is 1. The molecule has 0 bridgehead atoms. The van der Waals surface area contributed by atoms with E-state index in [1.54, 1.807) is 0 Å². The number of fused-ring (bicyclic) bond motifs is 4. The van der Waals surface area contributed by atoms with Gasteiger partial charge in [-0.2, -0.15) is 0 Å². The molecule has 0 radical (unpaired) electrons. The summed E-state index contributed by atoms with van der Waals surface area (Å²) in [5, 5.41) is 2.25. The molecule has 244 valence electrons. The van der Waals surface area contributed by atoms with Crippen LogP contribution in [0.5, 0.6) is 0 Å². The lowest BCUT2D eigenvalue weighted by Gasteiger charge is -2.10. The lowest BCUT2D eigenvalue weighted by atomic mass is 10.0. The Hall–Kier alpha value is -7.18. The quantitative estimate of drug-likeness (QED) is 0.176. The van der Waals surface area contributed by atoms with Crippen LogP contribution >= 0.6 is 0 Å². The van der Waals surface area contributed by atoms with Crippen molar-refractivity contribution in [3.63, 3.8) is 0 Å². The van der Waals surface area contributed by atoms with Gasteiger partial charge in [-0.25, -0.2) is 19.9 Å². The van der Waals surface area contributed by atoms with Gasteiger partial charge in [-0.1, -0.05) is 115 Å². The Labute approximate surface area is 299 Å². The van der Waals surface area contributed by atoms with Gasteiger partial charge in [-0.05, 0) is 71.8 Å². The summed E-state index contributed by atoms with van der Waals surface area (Å²) in [6, 6.07) is 60.1. The van der Waals surface area contributed by atoms with Crippen molar-refractivity contribution in [3.05, 3.63) is 176 Å². The highest BCUT2D eigenvalue weighted by molar-refractivity contribution is 6.11. The maximum atomic E-state index is 6.24. The number of benzene rings is 7. The summed E-state index contributed by atoms with van der Waals surface area (Å²) in [4.78, 5) is 19.7. The van der Waals surface area contributed by atoms with Gasteiger partial charge >= 0.3 is 0 Å². The van der Waals surface area contributed by atoms with Gasteiger partial charge in [-0.3, -0.25) is 0 Å². The van der Waals surface area contributed by atoms with Gasteiger partial charge in [0.1, 0.15) is 5.52 Å². The fraction of sp³-hybridized carbons (Fsp3) is 0. The zero-order valence-corrected chi connectivity index (χ0v) is 27.9. The number of rotatable bonds is 6. The van der Waals surface area contributed by atoms with Crippen molar-refractivity contribution in [3.8, 4) is 62.4 Å². The van der Waals surface area contributed by atoms with Crippen molar-refractivity contribution in [1.82, 2.24) is 24.5 Å². The average molecular weight is 668 g/mol. The Morgan fingerprint density at radius 2 is 0.904 bits per heavy atom. The highest BCUT2D eigenvalue weighted by Crippen LogP contribution is 2.38. The summed E-state index contributed by atoms with van der Waals surface area (Å²) < 4.78 is 8.57. The van der Waals surface area contributed by atoms with E-state index < -0.39 is 0 Å². The van der Waals surface area contributed by atoms with E-state index in [0.717, 1.165) is 72.0 Å². The molecule has 0 atom stereocenters. The Kier molecular flexibility index (Phi) is 7.03. The van der Waals surface area contributed by atoms with Crippen molar-refractivity contribution < 1.29 is 4.42 Å². The van der Waals surface area contributed by atoms with Crippen LogP contribution in [0, 0.1) is 0 Å². The van der Waals surface area contributed by atoms with Gasteiger partial charge in [0.05, 0.1) is 11.0 Å². The molecule has 10 rings (SSSR count). The largest absolute Gasteiger partial charge is 0.436 e. The van der Waals surface area contributed by atoms with Crippen LogP contribution < -0.4 is 0 Å². The summed E-state index contributed by atoms with van der Waals surface area (Å²) in [5.41, 5.74) is 10.8. The second kappa shape index (κ2) is 12.3. The molecule has 3 aromatic heterocycles. The molecule has 52 heavy (non-hydrogen) atoms. The van der Waals surface area contributed by atoms with Crippen LogP contribution in [0.25, 0.3) is 95.3 Å². The molecule has 0 saturated heterocycles. The third-order valence-corrected chi connectivity index (χ3v) is 9.48. The first-order chi connectivity index (χ1) is 25.7. The summed E-state index contributed by atoms with van der Waals surface area (Å²) in [5.74, 6) is 2.52. The fourth-order valence-electron chi connectivity index (χ4n) is 6.94. The van der Waals surface area contributed by atoms with Gasteiger partial charge in [0.2, 0.25) is 5.89 Å². The zero-order valence-electron chi connectivity index (χ0n) is 27.9. The maximum absolute atomic E-state index is 6.24. The van der Waals surface area contributed by atoms with E-state index >= 15 is 0 Å². The normalized spacial score (nSPS) is 11.5. The van der Waals surface area contributed by atoms with Gasteiger partial charge in [0, 0.05) is 38.7 Å². The van der Waals surface area contributed by atoms with Crippen LogP contribution in [0.1, 0.15) is 0 Å². The molecule has 0 amide bonds. The molecule has 0 aliphatic carbocycles. The van der Waals surface area contributed by atoms with Crippen LogP contribution in [-0.2, 0) is 0 Å². The van der Waals surface area contributed by atoms with E-state index in [0.29, 0.717) is 23.4 Å². The Bertz CT molecular complexity index is 2820. The van der Waals surface area contributed by atoms with E-state index in [2.05, 4.69) is 77.4 Å². The summed E-state index contributed by atoms with van der Waals surface area (Å²) in [7, 11) is 0. The molecule has 10 aromatic rings. The summed E-state index contributed by atoms with van der Waals surface area (Å²) >= 11 is 0. The molecule has 0 spiro atoms. The number of aromatic nitrogens is 5. The van der Waals surface area contributed by atoms with E-state index in [-0.39, 0.29) is 0 Å². The lowest BCUT2D eigenvalue weighted by Crippen LogP contribution is -2.00. The molecule has 7 aromatic carbocycles. The SMILES string of the molecule is c1ccc(-c2nc(-c3ccccc3)nc(-c3ccc4c(c3)c3ccc(-c5ccc6nc(-c7ccccc7)oc6c5)cc3n4-c3ccccc3)n2)cc1. The van der Waals surface area contributed by atoms with Crippen molar-refractivity contribution in [1.29, 1.82) is 0 Å². The van der Waals surface area contributed by atoms with Gasteiger partial charge in [0.25, 0.3) is 0 Å². The second-order valence-electron chi connectivity index (χ2n) is 12.7. The standard InChI is InChI=1S/C46H29N5O/c1-5-13-30(14-6-1)43-48-44(31-15-7-2-8-16-31)50-45(49-43)35-23-26-40-38(27-35)37-24-21-33(28-41(37)51(40)36-19-11-4-12-20-36)34-22-25-39-42(29-34)52-46(47-39)32-17-9-3-10-18-32/h1-29H. The number of nitrogens with zero attached hydrogens (tertiary/aromatic N) is 5. The molecule has 0 aliphatic heterocycles. The van der Waals surface area contributed by atoms with Crippen molar-refractivity contribution in [2.75, 3.05) is 0 Å². The van der Waals surface area contributed by atoms with Crippen LogP contribution in [0.4, 0.5) is 0 Å². The Balaban J connectivity index is 1.14. The predicted octanol–water partition coefficient (Wildman–Crippen LogP) is 11.4. The van der Waals surface area contributed by atoms with Gasteiger partial charge < -0.3 is 8.98 Å². The van der Waals surface area contributed by atoms with E-state index in [9.17, 15) is 0 Å². The Morgan fingerprint density at radius 3 is 1.56 bits per heavy atom. The lowest BCUT2D eigenvalue weighted by molar-refractivity contribution is 0.620. The molecule has 0 fully saturated rings. The molecule has 6 heteroatoms. The molecule has 0 unspecified atom stereocenters. The minimum atomic E-state index is 0.619. The molecule has 6 nitrogen and oxygen atoms in total. The molecule has 0 aliphatic rings. The van der Waals surface area contributed by atoms with Crippen LogP contribution in [0.3, 0.4) is 0 Å². The van der Waals surface area contributed by atoms with E-state index in [1.807, 2.05) is 103 Å². The van der Waals surface area contributed by atoms with E-state index in [1.165, 1.54) is 0 Å². The number of hydrogen-bond donors (Lipinski definition) is 0. The molecule has 0 N–H and O–H groups in total. The molecule has 3 heterocycles. The monoisotopic (exact) mass is 667 g/mol. The van der Waals surface area contributed by atoms with Crippen LogP contribution in [0.2, 0.25) is 0 Å². The summed E-state index contributed by atoms with van der Waals surface area (Å²) in [6.07, 6.45) is 0. The van der Waals surface area contributed by atoms with Crippen molar-refractivity contribution in [2.24, 2.45) is 0 Å². The average Bonchev–Trinajstić information content (AvgIpc) is 3.80. The molecular weight excluding hydrogens is 639 g/mol. The predicted molar refractivity (Wildman–Crippen MR) is 209 cm³/mol. The highest BCUT2D eigenvalue weighted by Gasteiger charge is 2.18. The van der Waals surface area contributed by atoms with Gasteiger partial charge in [0.15, 0.2) is 23.1 Å². The fourth-order valence-corrected chi connectivity index (χ4v) is 6.94. The van der Waals surface area contributed by atoms with Crippen molar-refractivity contribution >= 4 is 32.9 Å².